The number of carboxylic acid groups (broad SMARTS) is 1. The first-order valence-electron chi connectivity index (χ1n) is 6.63. The minimum atomic E-state index is -0.950. The number of carboxylic acids is 1. The fourth-order valence-electron chi connectivity index (χ4n) is 2.48. The molecular weight excluding hydrogens is 356 g/mol. The van der Waals surface area contributed by atoms with Gasteiger partial charge in [-0.3, -0.25) is 0 Å². The summed E-state index contributed by atoms with van der Waals surface area (Å²) in [6, 6.07) is 5.43. The van der Waals surface area contributed by atoms with Crippen molar-refractivity contribution in [2.45, 2.75) is 41.8 Å². The van der Waals surface area contributed by atoms with Gasteiger partial charge in [0.15, 0.2) is 0 Å². The van der Waals surface area contributed by atoms with E-state index in [1.807, 2.05) is 10.7 Å². The molecule has 1 saturated carbocycles. The van der Waals surface area contributed by atoms with Crippen molar-refractivity contribution in [3.8, 4) is 0 Å². The molecule has 1 fully saturated rings. The minimum absolute atomic E-state index is 0.242. The fraction of sp³-hybridized carbons (Fsp3) is 0.385. The second-order valence-electron chi connectivity index (χ2n) is 4.93. The van der Waals surface area contributed by atoms with Gasteiger partial charge < -0.3 is 5.11 Å². The molecule has 8 heteroatoms. The molecule has 0 radical (unpaired) electrons. The van der Waals surface area contributed by atoms with Crippen molar-refractivity contribution in [3.05, 3.63) is 28.2 Å². The largest absolute Gasteiger partial charge is 0.478 e. The van der Waals surface area contributed by atoms with Gasteiger partial charge in [0, 0.05) is 9.37 Å². The van der Waals surface area contributed by atoms with E-state index < -0.39 is 5.97 Å². The van der Waals surface area contributed by atoms with Crippen LogP contribution in [0.4, 0.5) is 0 Å². The topological polar surface area (TPSA) is 80.9 Å². The van der Waals surface area contributed by atoms with Crippen LogP contribution in [0.25, 0.3) is 0 Å². The number of carbonyl (C=O) groups is 1. The van der Waals surface area contributed by atoms with Crippen LogP contribution in [0.2, 0.25) is 0 Å². The molecule has 2 aromatic rings. The van der Waals surface area contributed by atoms with Gasteiger partial charge in [0.05, 0.1) is 11.6 Å². The molecule has 0 atom stereocenters. The lowest BCUT2D eigenvalue weighted by molar-refractivity contribution is 0.0696. The van der Waals surface area contributed by atoms with Crippen molar-refractivity contribution < 1.29 is 9.90 Å². The molecule has 1 aliphatic rings. The van der Waals surface area contributed by atoms with Gasteiger partial charge >= 0.3 is 5.97 Å². The summed E-state index contributed by atoms with van der Waals surface area (Å²) in [6.45, 7) is 0. The van der Waals surface area contributed by atoms with Gasteiger partial charge in [-0.1, -0.05) is 28.8 Å². The molecule has 6 nitrogen and oxygen atoms in total. The molecule has 1 N–H and O–H groups in total. The highest BCUT2D eigenvalue weighted by molar-refractivity contribution is 9.10. The monoisotopic (exact) mass is 368 g/mol. The van der Waals surface area contributed by atoms with Crippen LogP contribution in [0, 0.1) is 0 Å². The Balaban J connectivity index is 1.87. The Morgan fingerprint density at radius 1 is 1.33 bits per heavy atom. The smallest absolute Gasteiger partial charge is 0.335 e. The van der Waals surface area contributed by atoms with Gasteiger partial charge in [-0.05, 0) is 53.2 Å². The molecule has 3 rings (SSSR count). The zero-order valence-corrected chi connectivity index (χ0v) is 13.5. The summed E-state index contributed by atoms with van der Waals surface area (Å²) >= 11 is 4.72. The zero-order chi connectivity index (χ0) is 14.8. The molecule has 1 heterocycles. The lowest BCUT2D eigenvalue weighted by atomic mass is 10.2. The highest BCUT2D eigenvalue weighted by Gasteiger charge is 2.22. The number of tetrazole rings is 1. The molecule has 1 aliphatic carbocycles. The molecule has 1 aromatic carbocycles. The van der Waals surface area contributed by atoms with Crippen LogP contribution in [-0.4, -0.2) is 31.3 Å². The van der Waals surface area contributed by atoms with E-state index in [0.717, 1.165) is 22.2 Å². The molecule has 110 valence electrons. The summed E-state index contributed by atoms with van der Waals surface area (Å²) in [5, 5.41) is 21.7. The van der Waals surface area contributed by atoms with E-state index >= 15 is 0 Å². The molecule has 0 aliphatic heterocycles. The number of halogens is 1. The van der Waals surface area contributed by atoms with Crippen molar-refractivity contribution >= 4 is 33.7 Å². The van der Waals surface area contributed by atoms with E-state index in [4.69, 9.17) is 5.11 Å². The number of benzene rings is 1. The number of rotatable bonds is 4. The summed E-state index contributed by atoms with van der Waals surface area (Å²) in [7, 11) is 0. The van der Waals surface area contributed by atoms with Crippen LogP contribution in [0.1, 0.15) is 42.1 Å². The van der Waals surface area contributed by atoms with Crippen molar-refractivity contribution in [2.24, 2.45) is 0 Å². The first-order valence-corrected chi connectivity index (χ1v) is 8.24. The predicted octanol–water partition coefficient (Wildman–Crippen LogP) is 3.40. The van der Waals surface area contributed by atoms with Crippen molar-refractivity contribution in [1.82, 2.24) is 20.2 Å². The van der Waals surface area contributed by atoms with Crippen LogP contribution in [-0.2, 0) is 0 Å². The number of hydrogen-bond donors (Lipinski definition) is 1. The van der Waals surface area contributed by atoms with Gasteiger partial charge in [-0.15, -0.1) is 5.10 Å². The third-order valence-corrected chi connectivity index (χ3v) is 4.84. The molecule has 0 bridgehead atoms. The summed E-state index contributed by atoms with van der Waals surface area (Å²) in [6.07, 6.45) is 4.60. The van der Waals surface area contributed by atoms with Crippen molar-refractivity contribution in [2.75, 3.05) is 0 Å². The predicted molar refractivity (Wildman–Crippen MR) is 80.5 cm³/mol. The summed E-state index contributed by atoms with van der Waals surface area (Å²) < 4.78 is 2.59. The Morgan fingerprint density at radius 2 is 2.10 bits per heavy atom. The molecular formula is C13H13BrN4O2S. The molecule has 0 spiro atoms. The number of hydrogen-bond acceptors (Lipinski definition) is 5. The standard InChI is InChI=1S/C13H13BrN4O2S/c14-9-5-8(12(19)20)6-11(7-9)21-13-15-16-17-18(13)10-3-1-2-4-10/h5-7,10H,1-4H2,(H,19,20). The van der Waals surface area contributed by atoms with Crippen LogP contribution in [0.15, 0.2) is 32.7 Å². The van der Waals surface area contributed by atoms with Crippen LogP contribution < -0.4 is 0 Å². The Labute approximate surface area is 134 Å². The maximum Gasteiger partial charge on any atom is 0.335 e. The lowest BCUT2D eigenvalue weighted by Gasteiger charge is -2.11. The average molecular weight is 369 g/mol. The molecule has 1 aromatic heterocycles. The number of aromatic carboxylic acids is 1. The fourth-order valence-corrected chi connectivity index (χ4v) is 4.07. The normalized spacial score (nSPS) is 15.5. The maximum atomic E-state index is 11.1. The van der Waals surface area contributed by atoms with E-state index in [-0.39, 0.29) is 5.56 Å². The van der Waals surface area contributed by atoms with Gasteiger partial charge in [-0.25, -0.2) is 9.48 Å². The average Bonchev–Trinajstić information content (AvgIpc) is 3.08. The van der Waals surface area contributed by atoms with E-state index in [1.54, 1.807) is 12.1 Å². The lowest BCUT2D eigenvalue weighted by Crippen LogP contribution is -2.08. The first kappa shape index (κ1) is 14.5. The third-order valence-electron chi connectivity index (χ3n) is 3.46. The highest BCUT2D eigenvalue weighted by Crippen LogP contribution is 2.34. The Hall–Kier alpha value is -1.41. The third kappa shape index (κ3) is 3.26. The van der Waals surface area contributed by atoms with E-state index in [0.29, 0.717) is 11.2 Å². The second kappa shape index (κ2) is 6.15. The number of aromatic nitrogens is 4. The van der Waals surface area contributed by atoms with Gasteiger partial charge in [-0.2, -0.15) is 0 Å². The molecule has 0 saturated heterocycles. The second-order valence-corrected chi connectivity index (χ2v) is 6.88. The molecule has 21 heavy (non-hydrogen) atoms. The molecule has 0 unspecified atom stereocenters. The van der Waals surface area contributed by atoms with Crippen molar-refractivity contribution in [1.29, 1.82) is 0 Å². The first-order chi connectivity index (χ1) is 10.1. The zero-order valence-electron chi connectivity index (χ0n) is 11.1. The summed E-state index contributed by atoms with van der Waals surface area (Å²) in [4.78, 5) is 11.9. The minimum Gasteiger partial charge on any atom is -0.478 e. The van der Waals surface area contributed by atoms with Crippen LogP contribution in [0.5, 0.6) is 0 Å². The van der Waals surface area contributed by atoms with Crippen molar-refractivity contribution in [3.63, 3.8) is 0 Å². The number of nitrogens with zero attached hydrogens (tertiary/aromatic N) is 4. The van der Waals surface area contributed by atoms with Gasteiger partial charge in [0.2, 0.25) is 5.16 Å². The summed E-state index contributed by atoms with van der Waals surface area (Å²) in [5.41, 5.74) is 0.242. The SMILES string of the molecule is O=C(O)c1cc(Br)cc(Sc2nnnn2C2CCCC2)c1. The van der Waals surface area contributed by atoms with E-state index in [2.05, 4.69) is 31.5 Å². The van der Waals surface area contributed by atoms with Crippen LogP contribution >= 0.6 is 27.7 Å². The van der Waals surface area contributed by atoms with Gasteiger partial charge in [0.25, 0.3) is 0 Å². The quantitative estimate of drug-likeness (QED) is 0.890. The van der Waals surface area contributed by atoms with Gasteiger partial charge in [0.1, 0.15) is 0 Å². The van der Waals surface area contributed by atoms with E-state index in [9.17, 15) is 4.79 Å². The maximum absolute atomic E-state index is 11.1. The Morgan fingerprint density at radius 3 is 2.81 bits per heavy atom. The Kier molecular flexibility index (Phi) is 4.25. The van der Waals surface area contributed by atoms with E-state index in [1.165, 1.54) is 24.6 Å². The Bertz CT molecular complexity index is 670. The highest BCUT2D eigenvalue weighted by atomic mass is 79.9. The molecule has 0 amide bonds. The van der Waals surface area contributed by atoms with Crippen LogP contribution in [0.3, 0.4) is 0 Å². The summed E-state index contributed by atoms with van der Waals surface area (Å²) in [5.74, 6) is -0.950.